The molecule has 0 spiro atoms. The van der Waals surface area contributed by atoms with Gasteiger partial charge in [-0.05, 0) is 18.6 Å². The molecule has 1 saturated heterocycles. The monoisotopic (exact) mass is 305 g/mol. The molecule has 0 aliphatic carbocycles. The summed E-state index contributed by atoms with van der Waals surface area (Å²) in [6, 6.07) is 2.14. The Kier molecular flexibility index (Phi) is 3.96. The number of halogens is 3. The minimum atomic E-state index is -0.941. The van der Waals surface area contributed by atoms with E-state index in [1.165, 1.54) is 4.90 Å². The van der Waals surface area contributed by atoms with Crippen LogP contribution in [0.3, 0.4) is 0 Å². The average molecular weight is 306 g/mol. The SMILES string of the molecule is O=C(O)[C@H]1CCN(C(=O)c2cc(F)c(Cl)cc2Cl)C1. The number of aliphatic carboxylic acids is 1. The molecule has 1 N–H and O–H groups in total. The number of amides is 1. The average Bonchev–Trinajstić information content (AvgIpc) is 2.82. The van der Waals surface area contributed by atoms with Gasteiger partial charge in [0.1, 0.15) is 5.82 Å². The Hall–Kier alpha value is -1.33. The number of carboxylic acid groups (broad SMARTS) is 1. The van der Waals surface area contributed by atoms with E-state index in [2.05, 4.69) is 0 Å². The fourth-order valence-corrected chi connectivity index (χ4v) is 2.47. The topological polar surface area (TPSA) is 57.6 Å². The standard InChI is InChI=1S/C12H10Cl2FNO3/c13-8-4-9(14)10(15)3-7(8)11(17)16-2-1-6(5-16)12(18)19/h3-4,6H,1-2,5H2,(H,18,19)/t6-/m0/s1. The summed E-state index contributed by atoms with van der Waals surface area (Å²) in [6.45, 7) is 0.422. The first-order chi connectivity index (χ1) is 8.90. The second kappa shape index (κ2) is 5.35. The smallest absolute Gasteiger partial charge is 0.308 e. The highest BCUT2D eigenvalue weighted by molar-refractivity contribution is 6.36. The first kappa shape index (κ1) is 14.1. The van der Waals surface area contributed by atoms with E-state index in [-0.39, 0.29) is 22.2 Å². The van der Waals surface area contributed by atoms with Crippen LogP contribution < -0.4 is 0 Å². The minimum absolute atomic E-state index is 0.00499. The van der Waals surface area contributed by atoms with Gasteiger partial charge in [-0.15, -0.1) is 0 Å². The van der Waals surface area contributed by atoms with Crippen LogP contribution in [0.4, 0.5) is 4.39 Å². The Morgan fingerprint density at radius 1 is 1.32 bits per heavy atom. The lowest BCUT2D eigenvalue weighted by Crippen LogP contribution is -2.30. The van der Waals surface area contributed by atoms with Crippen molar-refractivity contribution in [2.24, 2.45) is 5.92 Å². The van der Waals surface area contributed by atoms with Crippen molar-refractivity contribution in [1.82, 2.24) is 4.90 Å². The van der Waals surface area contributed by atoms with Crippen LogP contribution >= 0.6 is 23.2 Å². The molecule has 1 aliphatic heterocycles. The van der Waals surface area contributed by atoms with Gasteiger partial charge in [0.25, 0.3) is 5.91 Å². The second-order valence-electron chi connectivity index (χ2n) is 4.32. The van der Waals surface area contributed by atoms with Gasteiger partial charge in [0.2, 0.25) is 0 Å². The van der Waals surface area contributed by atoms with Crippen molar-refractivity contribution in [1.29, 1.82) is 0 Å². The Morgan fingerprint density at radius 2 is 2.00 bits per heavy atom. The molecule has 2 rings (SSSR count). The quantitative estimate of drug-likeness (QED) is 0.855. The highest BCUT2D eigenvalue weighted by Crippen LogP contribution is 2.27. The molecule has 0 aromatic heterocycles. The summed E-state index contributed by atoms with van der Waals surface area (Å²) in [5.41, 5.74) is -0.00499. The van der Waals surface area contributed by atoms with Gasteiger partial charge in [0, 0.05) is 13.1 Å². The second-order valence-corrected chi connectivity index (χ2v) is 5.14. The zero-order chi connectivity index (χ0) is 14.2. The molecule has 102 valence electrons. The van der Waals surface area contributed by atoms with Crippen LogP contribution in [0.2, 0.25) is 10.0 Å². The number of carboxylic acids is 1. The first-order valence-electron chi connectivity index (χ1n) is 5.56. The van der Waals surface area contributed by atoms with Gasteiger partial charge in [0.05, 0.1) is 21.5 Å². The molecular formula is C12H10Cl2FNO3. The van der Waals surface area contributed by atoms with Gasteiger partial charge >= 0.3 is 5.97 Å². The first-order valence-corrected chi connectivity index (χ1v) is 6.32. The third-order valence-electron chi connectivity index (χ3n) is 3.07. The molecule has 1 aromatic rings. The Balaban J connectivity index is 2.22. The molecule has 0 unspecified atom stereocenters. The lowest BCUT2D eigenvalue weighted by atomic mass is 10.1. The number of benzene rings is 1. The maximum atomic E-state index is 13.4. The van der Waals surface area contributed by atoms with Gasteiger partial charge in [-0.1, -0.05) is 23.2 Å². The van der Waals surface area contributed by atoms with Crippen molar-refractivity contribution < 1.29 is 19.1 Å². The van der Waals surface area contributed by atoms with Crippen LogP contribution in [0.15, 0.2) is 12.1 Å². The van der Waals surface area contributed by atoms with E-state index in [9.17, 15) is 14.0 Å². The molecule has 0 saturated carbocycles. The van der Waals surface area contributed by atoms with Gasteiger partial charge in [-0.2, -0.15) is 0 Å². The Labute approximate surface area is 118 Å². The number of carbonyl (C=O) groups excluding carboxylic acids is 1. The number of hydrogen-bond donors (Lipinski definition) is 1. The summed E-state index contributed by atoms with van der Waals surface area (Å²) in [5.74, 6) is -2.74. The summed E-state index contributed by atoms with van der Waals surface area (Å²) >= 11 is 11.4. The van der Waals surface area contributed by atoms with Crippen LogP contribution in [0.1, 0.15) is 16.8 Å². The number of carbonyl (C=O) groups is 2. The lowest BCUT2D eigenvalue weighted by Gasteiger charge is -2.16. The molecule has 1 fully saturated rings. The van der Waals surface area contributed by atoms with Crippen LogP contribution in [0.5, 0.6) is 0 Å². The molecule has 7 heteroatoms. The van der Waals surface area contributed by atoms with E-state index < -0.39 is 23.6 Å². The van der Waals surface area contributed by atoms with Gasteiger partial charge in [-0.3, -0.25) is 9.59 Å². The van der Waals surface area contributed by atoms with Gasteiger partial charge < -0.3 is 10.0 Å². The third-order valence-corrected chi connectivity index (χ3v) is 3.67. The zero-order valence-electron chi connectivity index (χ0n) is 9.70. The summed E-state index contributed by atoms with van der Waals surface area (Å²) in [5, 5.41) is 8.77. The Morgan fingerprint density at radius 3 is 2.58 bits per heavy atom. The normalized spacial score (nSPS) is 18.7. The number of rotatable bonds is 2. The molecule has 1 amide bonds. The largest absolute Gasteiger partial charge is 0.481 e. The summed E-state index contributed by atoms with van der Waals surface area (Å²) in [6.07, 6.45) is 0.384. The maximum absolute atomic E-state index is 13.4. The van der Waals surface area contributed by atoms with E-state index in [1.807, 2.05) is 0 Å². The van der Waals surface area contributed by atoms with Crippen LogP contribution in [-0.4, -0.2) is 35.0 Å². The predicted molar refractivity (Wildman–Crippen MR) is 68.1 cm³/mol. The van der Waals surface area contributed by atoms with Crippen molar-refractivity contribution in [3.05, 3.63) is 33.6 Å². The van der Waals surface area contributed by atoms with Crippen molar-refractivity contribution in [2.75, 3.05) is 13.1 Å². The van der Waals surface area contributed by atoms with Crippen molar-refractivity contribution in [3.8, 4) is 0 Å². The molecule has 1 atom stereocenters. The number of hydrogen-bond acceptors (Lipinski definition) is 2. The minimum Gasteiger partial charge on any atom is -0.481 e. The highest BCUT2D eigenvalue weighted by atomic mass is 35.5. The highest BCUT2D eigenvalue weighted by Gasteiger charge is 2.32. The van der Waals surface area contributed by atoms with E-state index >= 15 is 0 Å². The summed E-state index contributed by atoms with van der Waals surface area (Å²) in [7, 11) is 0. The van der Waals surface area contributed by atoms with Gasteiger partial charge in [0.15, 0.2) is 0 Å². The molecule has 1 aliphatic rings. The molecular weight excluding hydrogens is 296 g/mol. The van der Waals surface area contributed by atoms with Crippen molar-refractivity contribution in [2.45, 2.75) is 6.42 Å². The zero-order valence-corrected chi connectivity index (χ0v) is 11.2. The Bertz CT molecular complexity index is 550. The van der Waals surface area contributed by atoms with Crippen molar-refractivity contribution >= 4 is 35.1 Å². The number of likely N-dealkylation sites (tertiary alicyclic amines) is 1. The molecule has 4 nitrogen and oxygen atoms in total. The van der Waals surface area contributed by atoms with E-state index in [0.717, 1.165) is 12.1 Å². The van der Waals surface area contributed by atoms with Crippen LogP contribution in [0, 0.1) is 11.7 Å². The summed E-state index contributed by atoms with van der Waals surface area (Å²) < 4.78 is 13.4. The van der Waals surface area contributed by atoms with E-state index in [1.54, 1.807) is 0 Å². The molecule has 1 heterocycles. The fourth-order valence-electron chi connectivity index (χ4n) is 2.00. The molecule has 1 aromatic carbocycles. The maximum Gasteiger partial charge on any atom is 0.308 e. The fraction of sp³-hybridized carbons (Fsp3) is 0.333. The van der Waals surface area contributed by atoms with Crippen LogP contribution in [0.25, 0.3) is 0 Å². The lowest BCUT2D eigenvalue weighted by molar-refractivity contribution is -0.141. The van der Waals surface area contributed by atoms with E-state index in [0.29, 0.717) is 13.0 Å². The molecule has 0 radical (unpaired) electrons. The van der Waals surface area contributed by atoms with Gasteiger partial charge in [-0.25, -0.2) is 4.39 Å². The number of nitrogens with zero attached hydrogens (tertiary/aromatic N) is 1. The van der Waals surface area contributed by atoms with Crippen molar-refractivity contribution in [3.63, 3.8) is 0 Å². The third kappa shape index (κ3) is 2.82. The molecule has 19 heavy (non-hydrogen) atoms. The summed E-state index contributed by atoms with van der Waals surface area (Å²) in [4.78, 5) is 24.3. The predicted octanol–water partition coefficient (Wildman–Crippen LogP) is 2.68. The van der Waals surface area contributed by atoms with E-state index in [4.69, 9.17) is 28.3 Å². The molecule has 0 bridgehead atoms. The van der Waals surface area contributed by atoms with Crippen LogP contribution in [-0.2, 0) is 4.79 Å².